The van der Waals surface area contributed by atoms with Crippen molar-refractivity contribution in [1.29, 1.82) is 0 Å². The molecule has 0 bridgehead atoms. The van der Waals surface area contributed by atoms with E-state index in [4.69, 9.17) is 4.74 Å². The van der Waals surface area contributed by atoms with Crippen LogP contribution in [-0.4, -0.2) is 34.8 Å². The summed E-state index contributed by atoms with van der Waals surface area (Å²) >= 11 is 0. The van der Waals surface area contributed by atoms with Gasteiger partial charge < -0.3 is 10.1 Å². The van der Waals surface area contributed by atoms with E-state index in [-0.39, 0.29) is 23.8 Å². The lowest BCUT2D eigenvalue weighted by atomic mass is 10.0. The number of amides is 1. The molecular formula is C23H25N3O4. The fourth-order valence-electron chi connectivity index (χ4n) is 3.30. The predicted octanol–water partition coefficient (Wildman–Crippen LogP) is 2.30. The summed E-state index contributed by atoms with van der Waals surface area (Å²) in [6.07, 6.45) is -0.0597. The number of rotatable bonds is 7. The van der Waals surface area contributed by atoms with E-state index in [0.29, 0.717) is 23.0 Å². The number of carbonyl (C=O) groups excluding carboxylic acids is 2. The molecule has 0 saturated carbocycles. The van der Waals surface area contributed by atoms with Crippen LogP contribution in [0.2, 0.25) is 0 Å². The van der Waals surface area contributed by atoms with Gasteiger partial charge in [0.2, 0.25) is 5.91 Å². The molecule has 0 aliphatic rings. The number of carbonyl (C=O) groups is 2. The van der Waals surface area contributed by atoms with Crippen molar-refractivity contribution < 1.29 is 14.3 Å². The van der Waals surface area contributed by atoms with Crippen LogP contribution in [0.3, 0.4) is 0 Å². The predicted molar refractivity (Wildman–Crippen MR) is 114 cm³/mol. The van der Waals surface area contributed by atoms with Crippen LogP contribution < -0.4 is 10.9 Å². The summed E-state index contributed by atoms with van der Waals surface area (Å²) in [5.41, 5.74) is 1.20. The highest BCUT2D eigenvalue weighted by atomic mass is 16.5. The van der Waals surface area contributed by atoms with Crippen LogP contribution in [0.25, 0.3) is 10.8 Å². The van der Waals surface area contributed by atoms with Crippen molar-refractivity contribution in [3.8, 4) is 0 Å². The molecule has 3 aromatic rings. The molecule has 0 aliphatic heterocycles. The molecule has 0 aliphatic carbocycles. The van der Waals surface area contributed by atoms with Crippen molar-refractivity contribution in [2.75, 3.05) is 7.11 Å². The number of methoxy groups -OCH3 is 1. The van der Waals surface area contributed by atoms with E-state index in [1.54, 1.807) is 24.3 Å². The molecule has 1 heterocycles. The van der Waals surface area contributed by atoms with Gasteiger partial charge in [0.25, 0.3) is 5.56 Å². The monoisotopic (exact) mass is 407 g/mol. The first-order chi connectivity index (χ1) is 14.4. The second-order valence-corrected chi connectivity index (χ2v) is 7.43. The fraction of sp³-hybridized carbons (Fsp3) is 0.304. The first-order valence-corrected chi connectivity index (χ1v) is 9.80. The van der Waals surface area contributed by atoms with Gasteiger partial charge in [-0.05, 0) is 17.5 Å². The van der Waals surface area contributed by atoms with Crippen LogP contribution in [0, 0.1) is 5.92 Å². The Kier molecular flexibility index (Phi) is 6.61. The number of benzene rings is 2. The molecule has 7 nitrogen and oxygen atoms in total. The van der Waals surface area contributed by atoms with Crippen LogP contribution in [0.15, 0.2) is 59.4 Å². The minimum absolute atomic E-state index is 0.0597. The minimum Gasteiger partial charge on any atom is -0.467 e. The third-order valence-electron chi connectivity index (χ3n) is 4.89. The molecule has 3 rings (SSSR count). The smallest absolute Gasteiger partial charge is 0.328 e. The van der Waals surface area contributed by atoms with Crippen LogP contribution in [0.5, 0.6) is 0 Å². The normalized spacial score (nSPS) is 12.0. The van der Waals surface area contributed by atoms with E-state index < -0.39 is 12.0 Å². The van der Waals surface area contributed by atoms with Gasteiger partial charge in [0, 0.05) is 5.39 Å². The lowest BCUT2D eigenvalue weighted by Gasteiger charge is -2.20. The second kappa shape index (κ2) is 9.35. The van der Waals surface area contributed by atoms with Crippen LogP contribution in [-0.2, 0) is 27.3 Å². The number of aromatic nitrogens is 2. The Balaban J connectivity index is 1.94. The molecule has 0 radical (unpaired) electrons. The largest absolute Gasteiger partial charge is 0.467 e. The zero-order valence-corrected chi connectivity index (χ0v) is 17.3. The number of nitrogens with one attached hydrogen (secondary N) is 1. The van der Waals surface area contributed by atoms with Gasteiger partial charge in [-0.2, -0.15) is 5.10 Å². The summed E-state index contributed by atoms with van der Waals surface area (Å²) in [5.74, 6) is -0.981. The Morgan fingerprint density at radius 1 is 1.03 bits per heavy atom. The van der Waals surface area contributed by atoms with Gasteiger partial charge >= 0.3 is 5.97 Å². The molecule has 1 atom stereocenters. The first-order valence-electron chi connectivity index (χ1n) is 9.80. The summed E-state index contributed by atoms with van der Waals surface area (Å²) in [6, 6.07) is 15.9. The molecule has 0 fully saturated rings. The molecule has 2 aromatic carbocycles. The summed E-state index contributed by atoms with van der Waals surface area (Å²) in [6.45, 7) is 3.96. The first kappa shape index (κ1) is 21.2. The number of hydrogen-bond donors (Lipinski definition) is 1. The highest BCUT2D eigenvalue weighted by Gasteiger charge is 2.25. The Morgan fingerprint density at radius 2 is 1.67 bits per heavy atom. The molecule has 156 valence electrons. The van der Waals surface area contributed by atoms with E-state index in [1.165, 1.54) is 11.8 Å². The number of nitrogens with zero attached hydrogens (tertiary/aromatic N) is 2. The van der Waals surface area contributed by atoms with Gasteiger partial charge in [0.15, 0.2) is 0 Å². The quantitative estimate of drug-likeness (QED) is 0.607. The van der Waals surface area contributed by atoms with Gasteiger partial charge in [-0.3, -0.25) is 9.59 Å². The topological polar surface area (TPSA) is 90.3 Å². The van der Waals surface area contributed by atoms with E-state index >= 15 is 0 Å². The highest BCUT2D eigenvalue weighted by Crippen LogP contribution is 2.15. The number of hydrogen-bond acceptors (Lipinski definition) is 5. The molecule has 30 heavy (non-hydrogen) atoms. The van der Waals surface area contributed by atoms with Gasteiger partial charge in [0.05, 0.1) is 31.2 Å². The zero-order valence-electron chi connectivity index (χ0n) is 17.3. The summed E-state index contributed by atoms with van der Waals surface area (Å²) in [4.78, 5) is 37.6. The number of ether oxygens (including phenoxy) is 1. The van der Waals surface area contributed by atoms with Crippen molar-refractivity contribution in [2.45, 2.75) is 32.9 Å². The average molecular weight is 407 g/mol. The molecule has 1 amide bonds. The van der Waals surface area contributed by atoms with Crippen LogP contribution >= 0.6 is 0 Å². The summed E-state index contributed by atoms with van der Waals surface area (Å²) in [7, 11) is 1.29. The Hall–Kier alpha value is -3.48. The molecule has 7 heteroatoms. The SMILES string of the molecule is COC(=O)[C@@H](NC(=O)Cc1nn(Cc2ccccc2)c(=O)c2ccccc12)C(C)C. The fourth-order valence-corrected chi connectivity index (χ4v) is 3.30. The van der Waals surface area contributed by atoms with Crippen molar-refractivity contribution in [1.82, 2.24) is 15.1 Å². The Bertz CT molecular complexity index is 1110. The Morgan fingerprint density at radius 3 is 2.30 bits per heavy atom. The molecule has 1 N–H and O–H groups in total. The van der Waals surface area contributed by atoms with E-state index in [2.05, 4.69) is 10.4 Å². The maximum Gasteiger partial charge on any atom is 0.328 e. The lowest BCUT2D eigenvalue weighted by molar-refractivity contribution is -0.146. The van der Waals surface area contributed by atoms with Crippen molar-refractivity contribution in [3.63, 3.8) is 0 Å². The minimum atomic E-state index is -0.746. The second-order valence-electron chi connectivity index (χ2n) is 7.43. The highest BCUT2D eigenvalue weighted by molar-refractivity contribution is 5.90. The average Bonchev–Trinajstić information content (AvgIpc) is 2.75. The maximum absolute atomic E-state index is 12.9. The Labute approximate surface area is 174 Å². The number of fused-ring (bicyclic) bond motifs is 1. The van der Waals surface area contributed by atoms with Gasteiger partial charge in [-0.15, -0.1) is 0 Å². The molecule has 0 spiro atoms. The molecule has 1 aromatic heterocycles. The molecule has 0 saturated heterocycles. The molecular weight excluding hydrogens is 382 g/mol. The van der Waals surface area contributed by atoms with Crippen molar-refractivity contribution in [2.24, 2.45) is 5.92 Å². The third kappa shape index (κ3) is 4.74. The number of esters is 1. The van der Waals surface area contributed by atoms with Crippen molar-refractivity contribution >= 4 is 22.6 Å². The summed E-state index contributed by atoms with van der Waals surface area (Å²) in [5, 5.41) is 8.33. The van der Waals surface area contributed by atoms with E-state index in [9.17, 15) is 14.4 Å². The maximum atomic E-state index is 12.9. The lowest BCUT2D eigenvalue weighted by Crippen LogP contribution is -2.45. The van der Waals surface area contributed by atoms with Gasteiger partial charge in [0.1, 0.15) is 6.04 Å². The molecule has 0 unspecified atom stereocenters. The van der Waals surface area contributed by atoms with Crippen LogP contribution in [0.4, 0.5) is 0 Å². The summed E-state index contributed by atoms with van der Waals surface area (Å²) < 4.78 is 6.16. The van der Waals surface area contributed by atoms with Crippen molar-refractivity contribution in [3.05, 3.63) is 76.2 Å². The van der Waals surface area contributed by atoms with Crippen LogP contribution in [0.1, 0.15) is 25.1 Å². The van der Waals surface area contributed by atoms with E-state index in [0.717, 1.165) is 5.56 Å². The zero-order chi connectivity index (χ0) is 21.7. The van der Waals surface area contributed by atoms with Gasteiger partial charge in [-0.25, -0.2) is 9.48 Å². The van der Waals surface area contributed by atoms with Gasteiger partial charge in [-0.1, -0.05) is 62.4 Å². The van der Waals surface area contributed by atoms with E-state index in [1.807, 2.05) is 44.2 Å². The standard InChI is InChI=1S/C23H25N3O4/c1-15(2)21(23(29)30-3)24-20(27)13-19-17-11-7-8-12-18(17)22(28)26(25-19)14-16-9-5-4-6-10-16/h4-12,15,21H,13-14H2,1-3H3,(H,24,27)/t21-/m0/s1. The third-order valence-corrected chi connectivity index (χ3v) is 4.89.